The number of unbranched alkanes of at least 4 members (excludes halogenated alkanes) is 6. The summed E-state index contributed by atoms with van der Waals surface area (Å²) < 4.78 is 10.7. The van der Waals surface area contributed by atoms with Gasteiger partial charge < -0.3 is 9.47 Å². The maximum Gasteiger partial charge on any atom is 0.508 e. The fourth-order valence-electron chi connectivity index (χ4n) is 2.54. The van der Waals surface area contributed by atoms with Crippen LogP contribution in [0, 0.1) is 0 Å². The molecule has 0 aliphatic rings. The third kappa shape index (κ3) is 9.27. The van der Waals surface area contributed by atoms with Crippen molar-refractivity contribution in [2.45, 2.75) is 77.7 Å². The van der Waals surface area contributed by atoms with Gasteiger partial charge in [-0.1, -0.05) is 82.7 Å². The monoisotopic (exact) mass is 320 g/mol. The van der Waals surface area contributed by atoms with Crippen LogP contribution in [0.5, 0.6) is 0 Å². The van der Waals surface area contributed by atoms with Gasteiger partial charge in [0.2, 0.25) is 0 Å². The molecule has 23 heavy (non-hydrogen) atoms. The van der Waals surface area contributed by atoms with Crippen LogP contribution in [0.2, 0.25) is 0 Å². The van der Waals surface area contributed by atoms with Crippen molar-refractivity contribution >= 4 is 6.16 Å². The third-order valence-corrected chi connectivity index (χ3v) is 3.95. The smallest absolute Gasteiger partial charge is 0.434 e. The van der Waals surface area contributed by atoms with Crippen molar-refractivity contribution in [3.8, 4) is 0 Å². The number of ether oxygens (including phenoxy) is 2. The van der Waals surface area contributed by atoms with E-state index in [4.69, 9.17) is 9.47 Å². The van der Waals surface area contributed by atoms with E-state index in [-0.39, 0.29) is 6.10 Å². The molecule has 0 N–H and O–H groups in total. The Morgan fingerprint density at radius 3 is 2.26 bits per heavy atom. The summed E-state index contributed by atoms with van der Waals surface area (Å²) in [6.45, 7) is 4.81. The molecule has 1 rings (SSSR count). The van der Waals surface area contributed by atoms with E-state index in [2.05, 4.69) is 13.8 Å². The largest absolute Gasteiger partial charge is 0.508 e. The average molecular weight is 320 g/mol. The normalized spacial score (nSPS) is 11.9. The lowest BCUT2D eigenvalue weighted by Crippen LogP contribution is -2.13. The summed E-state index contributed by atoms with van der Waals surface area (Å²) in [5.41, 5.74) is 1.04. The lowest BCUT2D eigenvalue weighted by atomic mass is 10.0. The van der Waals surface area contributed by atoms with Gasteiger partial charge in [0.1, 0.15) is 6.10 Å². The first-order valence-corrected chi connectivity index (χ1v) is 9.16. The average Bonchev–Trinajstić information content (AvgIpc) is 2.58. The Morgan fingerprint density at radius 2 is 1.57 bits per heavy atom. The summed E-state index contributed by atoms with van der Waals surface area (Å²) in [7, 11) is 0. The van der Waals surface area contributed by atoms with Crippen molar-refractivity contribution in [2.24, 2.45) is 0 Å². The van der Waals surface area contributed by atoms with Gasteiger partial charge in [-0.2, -0.15) is 0 Å². The first-order chi connectivity index (χ1) is 11.3. The van der Waals surface area contributed by atoms with Crippen LogP contribution in [0.15, 0.2) is 30.3 Å². The molecule has 0 heterocycles. The third-order valence-electron chi connectivity index (χ3n) is 3.95. The van der Waals surface area contributed by atoms with Crippen LogP contribution in [-0.4, -0.2) is 12.8 Å². The zero-order chi connectivity index (χ0) is 16.8. The molecule has 0 radical (unpaired) electrons. The summed E-state index contributed by atoms with van der Waals surface area (Å²) in [5, 5.41) is 0. The summed E-state index contributed by atoms with van der Waals surface area (Å²) in [5.74, 6) is 0. The molecule has 130 valence electrons. The fraction of sp³-hybridized carbons (Fsp3) is 0.650. The Labute approximate surface area is 141 Å². The lowest BCUT2D eigenvalue weighted by Gasteiger charge is -2.17. The van der Waals surface area contributed by atoms with Gasteiger partial charge in [-0.05, 0) is 24.8 Å². The van der Waals surface area contributed by atoms with Crippen LogP contribution >= 0.6 is 0 Å². The van der Waals surface area contributed by atoms with E-state index < -0.39 is 6.16 Å². The minimum absolute atomic E-state index is 0.201. The van der Waals surface area contributed by atoms with Crippen molar-refractivity contribution < 1.29 is 14.3 Å². The van der Waals surface area contributed by atoms with Gasteiger partial charge in [-0.3, -0.25) is 0 Å². The highest BCUT2D eigenvalue weighted by atomic mass is 16.7. The molecule has 0 bridgehead atoms. The predicted molar refractivity (Wildman–Crippen MR) is 94.5 cm³/mol. The van der Waals surface area contributed by atoms with E-state index in [1.807, 2.05) is 30.3 Å². The number of benzene rings is 1. The van der Waals surface area contributed by atoms with Gasteiger partial charge in [0.15, 0.2) is 0 Å². The summed E-state index contributed by atoms with van der Waals surface area (Å²) in [4.78, 5) is 11.9. The Hall–Kier alpha value is -1.51. The molecule has 0 saturated carbocycles. The Kier molecular flexibility index (Phi) is 11.0. The quantitative estimate of drug-likeness (QED) is 0.329. The molecular weight excluding hydrogens is 288 g/mol. The Morgan fingerprint density at radius 1 is 0.913 bits per heavy atom. The predicted octanol–water partition coefficient (Wildman–Crippen LogP) is 6.43. The van der Waals surface area contributed by atoms with Crippen LogP contribution in [0.4, 0.5) is 4.79 Å². The minimum Gasteiger partial charge on any atom is -0.434 e. The molecule has 0 fully saturated rings. The van der Waals surface area contributed by atoms with Crippen LogP contribution in [-0.2, 0) is 9.47 Å². The summed E-state index contributed by atoms with van der Waals surface area (Å²) >= 11 is 0. The van der Waals surface area contributed by atoms with Gasteiger partial charge in [0.25, 0.3) is 0 Å². The van der Waals surface area contributed by atoms with Crippen molar-refractivity contribution in [3.63, 3.8) is 0 Å². The highest BCUT2D eigenvalue weighted by Gasteiger charge is 2.17. The van der Waals surface area contributed by atoms with Crippen molar-refractivity contribution in [1.29, 1.82) is 0 Å². The van der Waals surface area contributed by atoms with Crippen LogP contribution in [0.1, 0.15) is 83.3 Å². The molecule has 0 aliphatic heterocycles. The van der Waals surface area contributed by atoms with Crippen LogP contribution < -0.4 is 0 Å². The molecule has 0 amide bonds. The second kappa shape index (κ2) is 13.0. The van der Waals surface area contributed by atoms with E-state index >= 15 is 0 Å². The Bertz CT molecular complexity index is 403. The molecular formula is C20H32O3. The number of carbonyl (C=O) groups is 1. The van der Waals surface area contributed by atoms with Gasteiger partial charge in [0, 0.05) is 0 Å². The first kappa shape index (κ1) is 19.5. The molecule has 0 saturated heterocycles. The second-order valence-corrected chi connectivity index (χ2v) is 6.03. The van der Waals surface area contributed by atoms with E-state index in [1.165, 1.54) is 25.7 Å². The van der Waals surface area contributed by atoms with Crippen molar-refractivity contribution in [1.82, 2.24) is 0 Å². The van der Waals surface area contributed by atoms with Gasteiger partial charge in [0.05, 0.1) is 6.61 Å². The lowest BCUT2D eigenvalue weighted by molar-refractivity contribution is 0.0183. The molecule has 1 unspecified atom stereocenters. The molecule has 3 heteroatoms. The van der Waals surface area contributed by atoms with E-state index in [1.54, 1.807) is 0 Å². The number of hydrogen-bond acceptors (Lipinski definition) is 3. The molecule has 0 spiro atoms. The number of carbonyl (C=O) groups excluding carboxylic acids is 1. The highest BCUT2D eigenvalue weighted by Crippen LogP contribution is 2.24. The molecule has 0 aromatic heterocycles. The molecule has 3 nitrogen and oxygen atoms in total. The molecule has 0 aliphatic carbocycles. The topological polar surface area (TPSA) is 35.5 Å². The highest BCUT2D eigenvalue weighted by molar-refractivity contribution is 5.60. The van der Waals surface area contributed by atoms with E-state index in [0.29, 0.717) is 6.61 Å². The van der Waals surface area contributed by atoms with Gasteiger partial charge in [-0.15, -0.1) is 0 Å². The molecule has 1 aromatic carbocycles. The van der Waals surface area contributed by atoms with Crippen molar-refractivity contribution in [2.75, 3.05) is 6.61 Å². The zero-order valence-electron chi connectivity index (χ0n) is 14.8. The Balaban J connectivity index is 2.28. The standard InChI is InChI=1S/C20H32O3/c1-3-5-7-8-9-13-17-22-20(21)23-19(16-6-4-2)18-14-11-10-12-15-18/h10-12,14-15,19H,3-9,13,16-17H2,1-2H3. The minimum atomic E-state index is -0.538. The summed E-state index contributed by atoms with van der Waals surface area (Å²) in [6.07, 6.45) is 9.28. The zero-order valence-corrected chi connectivity index (χ0v) is 14.8. The second-order valence-electron chi connectivity index (χ2n) is 6.03. The van der Waals surface area contributed by atoms with Gasteiger partial charge >= 0.3 is 6.16 Å². The summed E-state index contributed by atoms with van der Waals surface area (Å²) in [6, 6.07) is 9.92. The maximum atomic E-state index is 11.9. The molecule has 1 aromatic rings. The van der Waals surface area contributed by atoms with E-state index in [0.717, 1.165) is 37.7 Å². The van der Waals surface area contributed by atoms with Crippen LogP contribution in [0.3, 0.4) is 0 Å². The fourth-order valence-corrected chi connectivity index (χ4v) is 2.54. The van der Waals surface area contributed by atoms with E-state index in [9.17, 15) is 4.79 Å². The first-order valence-electron chi connectivity index (χ1n) is 9.16. The van der Waals surface area contributed by atoms with Crippen LogP contribution in [0.25, 0.3) is 0 Å². The van der Waals surface area contributed by atoms with Crippen molar-refractivity contribution in [3.05, 3.63) is 35.9 Å². The number of rotatable bonds is 12. The maximum absolute atomic E-state index is 11.9. The molecule has 1 atom stereocenters. The number of hydrogen-bond donors (Lipinski definition) is 0. The van der Waals surface area contributed by atoms with Gasteiger partial charge in [-0.25, -0.2) is 4.79 Å². The SMILES string of the molecule is CCCCCCCCOC(=O)OC(CCCC)c1ccccc1.